The molecule has 6 unspecified atom stereocenters. The highest BCUT2D eigenvalue weighted by atomic mass is 16.6. The quantitative estimate of drug-likeness (QED) is 0.635. The van der Waals surface area contributed by atoms with E-state index in [1.54, 1.807) is 0 Å². The van der Waals surface area contributed by atoms with Crippen LogP contribution in [0.15, 0.2) is 0 Å². The highest BCUT2D eigenvalue weighted by molar-refractivity contribution is 4.92. The minimum Gasteiger partial charge on any atom is -0.369 e. The van der Waals surface area contributed by atoms with Gasteiger partial charge in [-0.25, -0.2) is 0 Å². The van der Waals surface area contributed by atoms with Crippen LogP contribution in [0.3, 0.4) is 0 Å². The van der Waals surface area contributed by atoms with Crippen molar-refractivity contribution < 1.29 is 14.2 Å². The van der Waals surface area contributed by atoms with Crippen molar-refractivity contribution in [1.29, 1.82) is 0 Å². The molecule has 0 amide bonds. The van der Waals surface area contributed by atoms with Gasteiger partial charge in [0.1, 0.15) is 12.2 Å². The third kappa shape index (κ3) is 2.52. The van der Waals surface area contributed by atoms with Gasteiger partial charge in [-0.3, -0.25) is 0 Å². The van der Waals surface area contributed by atoms with Crippen LogP contribution in [0, 0.1) is 0 Å². The Morgan fingerprint density at radius 1 is 0.933 bits per heavy atom. The Labute approximate surface area is 92.1 Å². The molecule has 3 heteroatoms. The molecule has 2 aliphatic heterocycles. The van der Waals surface area contributed by atoms with E-state index in [2.05, 4.69) is 27.7 Å². The summed E-state index contributed by atoms with van der Waals surface area (Å²) in [4.78, 5) is 0. The molecule has 2 aliphatic rings. The Kier molecular flexibility index (Phi) is 3.33. The Morgan fingerprint density at radius 2 is 1.27 bits per heavy atom. The van der Waals surface area contributed by atoms with Crippen LogP contribution < -0.4 is 0 Å². The van der Waals surface area contributed by atoms with Gasteiger partial charge in [-0.15, -0.1) is 0 Å². The van der Waals surface area contributed by atoms with E-state index in [0.717, 1.165) is 12.8 Å². The van der Waals surface area contributed by atoms with Crippen LogP contribution in [0.25, 0.3) is 0 Å². The van der Waals surface area contributed by atoms with Crippen molar-refractivity contribution in [2.24, 2.45) is 0 Å². The van der Waals surface area contributed by atoms with Crippen LogP contribution >= 0.6 is 0 Å². The van der Waals surface area contributed by atoms with E-state index in [0.29, 0.717) is 24.4 Å². The minimum atomic E-state index is 0.251. The van der Waals surface area contributed by atoms with Gasteiger partial charge in [-0.05, 0) is 26.7 Å². The Morgan fingerprint density at radius 3 is 1.47 bits per heavy atom. The number of hydrogen-bond donors (Lipinski definition) is 0. The van der Waals surface area contributed by atoms with E-state index >= 15 is 0 Å². The average Bonchev–Trinajstić information content (AvgIpc) is 3.10. The first-order valence-electron chi connectivity index (χ1n) is 6.13. The number of ether oxygens (including phenoxy) is 3. The second-order valence-corrected chi connectivity index (χ2v) is 4.64. The zero-order valence-corrected chi connectivity index (χ0v) is 10.1. The molecule has 0 spiro atoms. The van der Waals surface area contributed by atoms with Gasteiger partial charge in [0.15, 0.2) is 0 Å². The predicted octanol–water partition coefficient (Wildman–Crippen LogP) is 2.13. The van der Waals surface area contributed by atoms with Crippen LogP contribution in [-0.2, 0) is 14.2 Å². The van der Waals surface area contributed by atoms with Gasteiger partial charge in [-0.2, -0.15) is 0 Å². The Balaban J connectivity index is 1.82. The third-order valence-corrected chi connectivity index (χ3v) is 3.40. The fourth-order valence-electron chi connectivity index (χ4n) is 2.22. The molecule has 0 N–H and O–H groups in total. The molecule has 2 saturated heterocycles. The molecule has 0 saturated carbocycles. The van der Waals surface area contributed by atoms with Crippen molar-refractivity contribution in [3.8, 4) is 0 Å². The highest BCUT2D eigenvalue weighted by Crippen LogP contribution is 2.33. The number of hydrogen-bond acceptors (Lipinski definition) is 3. The normalized spacial score (nSPS) is 42.4. The molecule has 6 atom stereocenters. The fraction of sp³-hybridized carbons (Fsp3) is 1.00. The van der Waals surface area contributed by atoms with Crippen LogP contribution in [0.4, 0.5) is 0 Å². The van der Waals surface area contributed by atoms with E-state index in [1.165, 1.54) is 0 Å². The summed E-state index contributed by atoms with van der Waals surface area (Å²) < 4.78 is 17.0. The topological polar surface area (TPSA) is 34.3 Å². The Hall–Kier alpha value is -0.120. The third-order valence-electron chi connectivity index (χ3n) is 3.40. The molecule has 0 aromatic rings. The maximum absolute atomic E-state index is 6.09. The fourth-order valence-corrected chi connectivity index (χ4v) is 2.22. The van der Waals surface area contributed by atoms with Crippen LogP contribution in [0.1, 0.15) is 40.5 Å². The zero-order valence-electron chi connectivity index (χ0n) is 10.1. The summed E-state index contributed by atoms with van der Waals surface area (Å²) in [5.41, 5.74) is 0. The van der Waals surface area contributed by atoms with Gasteiger partial charge in [0.2, 0.25) is 0 Å². The molecule has 15 heavy (non-hydrogen) atoms. The van der Waals surface area contributed by atoms with Gasteiger partial charge in [-0.1, -0.05) is 13.8 Å². The van der Waals surface area contributed by atoms with Crippen LogP contribution in [0.2, 0.25) is 0 Å². The van der Waals surface area contributed by atoms with Gasteiger partial charge in [0.25, 0.3) is 0 Å². The van der Waals surface area contributed by atoms with E-state index in [-0.39, 0.29) is 12.2 Å². The summed E-state index contributed by atoms with van der Waals surface area (Å²) >= 11 is 0. The molecular formula is C12H22O3. The summed E-state index contributed by atoms with van der Waals surface area (Å²) in [5.74, 6) is 0. The molecule has 2 rings (SSSR count). The largest absolute Gasteiger partial charge is 0.369 e. The van der Waals surface area contributed by atoms with E-state index in [9.17, 15) is 0 Å². The summed E-state index contributed by atoms with van der Waals surface area (Å²) in [6, 6.07) is 0. The van der Waals surface area contributed by atoms with Crippen LogP contribution in [0.5, 0.6) is 0 Å². The lowest BCUT2D eigenvalue weighted by Crippen LogP contribution is -2.30. The molecule has 88 valence electrons. The first-order chi connectivity index (χ1) is 7.17. The molecule has 0 radical (unpaired) electrons. The van der Waals surface area contributed by atoms with E-state index in [4.69, 9.17) is 14.2 Å². The lowest BCUT2D eigenvalue weighted by Gasteiger charge is -2.21. The molecule has 0 aromatic carbocycles. The molecule has 0 aromatic heterocycles. The lowest BCUT2D eigenvalue weighted by molar-refractivity contribution is -0.0408. The summed E-state index contributed by atoms with van der Waals surface area (Å²) in [6.45, 7) is 8.52. The van der Waals surface area contributed by atoms with E-state index < -0.39 is 0 Å². The van der Waals surface area contributed by atoms with E-state index in [1.807, 2.05) is 0 Å². The molecule has 0 bridgehead atoms. The molecule has 3 nitrogen and oxygen atoms in total. The summed E-state index contributed by atoms with van der Waals surface area (Å²) in [7, 11) is 0. The van der Waals surface area contributed by atoms with Gasteiger partial charge < -0.3 is 14.2 Å². The maximum Gasteiger partial charge on any atom is 0.110 e. The lowest BCUT2D eigenvalue weighted by atomic mass is 10.1. The molecule has 0 aliphatic carbocycles. The van der Waals surface area contributed by atoms with Crippen molar-refractivity contribution in [3.63, 3.8) is 0 Å². The second kappa shape index (κ2) is 4.40. The van der Waals surface area contributed by atoms with Crippen molar-refractivity contribution in [2.45, 2.75) is 77.2 Å². The molecular weight excluding hydrogens is 192 g/mol. The van der Waals surface area contributed by atoms with Gasteiger partial charge >= 0.3 is 0 Å². The SMILES string of the molecule is CCC(OC(CC)C1OC1C)C1OC1C. The van der Waals surface area contributed by atoms with Crippen molar-refractivity contribution >= 4 is 0 Å². The van der Waals surface area contributed by atoms with Gasteiger partial charge in [0, 0.05) is 0 Å². The first-order valence-corrected chi connectivity index (χ1v) is 6.13. The number of rotatable bonds is 6. The predicted molar refractivity (Wildman–Crippen MR) is 57.9 cm³/mol. The molecule has 2 heterocycles. The van der Waals surface area contributed by atoms with Gasteiger partial charge in [0.05, 0.1) is 24.4 Å². The van der Waals surface area contributed by atoms with Crippen molar-refractivity contribution in [1.82, 2.24) is 0 Å². The first kappa shape index (κ1) is 11.4. The second-order valence-electron chi connectivity index (χ2n) is 4.64. The Bertz CT molecular complexity index is 197. The summed E-state index contributed by atoms with van der Waals surface area (Å²) in [5, 5.41) is 0. The van der Waals surface area contributed by atoms with Crippen molar-refractivity contribution in [3.05, 3.63) is 0 Å². The average molecular weight is 214 g/mol. The van der Waals surface area contributed by atoms with Crippen LogP contribution in [-0.4, -0.2) is 36.6 Å². The minimum absolute atomic E-state index is 0.251. The number of epoxide rings is 2. The standard InChI is InChI=1S/C12H22O3/c1-5-9(11-7(3)13-11)15-10(6-2)12-8(4)14-12/h7-12H,5-6H2,1-4H3. The zero-order chi connectivity index (χ0) is 11.0. The smallest absolute Gasteiger partial charge is 0.110 e. The summed E-state index contributed by atoms with van der Waals surface area (Å²) in [6.07, 6.45) is 3.94. The maximum atomic E-state index is 6.09. The van der Waals surface area contributed by atoms with Crippen molar-refractivity contribution in [2.75, 3.05) is 0 Å². The molecule has 2 fully saturated rings. The monoisotopic (exact) mass is 214 g/mol. The highest BCUT2D eigenvalue weighted by Gasteiger charge is 2.46.